The third-order valence-corrected chi connectivity index (χ3v) is 1.43. The molecule has 0 saturated heterocycles. The zero-order valence-corrected chi connectivity index (χ0v) is 15.6. The van der Waals surface area contributed by atoms with Gasteiger partial charge in [0.15, 0.2) is 0 Å². The van der Waals surface area contributed by atoms with Gasteiger partial charge >= 0.3 is 23.9 Å². The van der Waals surface area contributed by atoms with E-state index >= 15 is 0 Å². The summed E-state index contributed by atoms with van der Waals surface area (Å²) in [6.45, 7) is 4.79. The molecule has 148 valence electrons. The SMILES string of the molecule is CC(O)C(=O)O.CC(O)C(=O)O.CC(O)C(=O)O.CC(O)C(=O)O.[Ti]. The Balaban J connectivity index is -0.0000000702. The number of carboxylic acid groups (broad SMARTS) is 4. The number of aliphatic hydroxyl groups is 4. The largest absolute Gasteiger partial charge is 0.479 e. The van der Waals surface area contributed by atoms with Gasteiger partial charge in [-0.3, -0.25) is 0 Å². The Hall–Kier alpha value is -1.57. The van der Waals surface area contributed by atoms with E-state index in [0.29, 0.717) is 0 Å². The zero-order chi connectivity index (χ0) is 20.6. The van der Waals surface area contributed by atoms with Crippen molar-refractivity contribution in [2.24, 2.45) is 0 Å². The summed E-state index contributed by atoms with van der Waals surface area (Å²) in [6, 6.07) is 0. The van der Waals surface area contributed by atoms with Gasteiger partial charge in [0, 0.05) is 21.7 Å². The number of aliphatic carboxylic acids is 4. The summed E-state index contributed by atoms with van der Waals surface area (Å²) in [5, 5.41) is 63.1. The van der Waals surface area contributed by atoms with Gasteiger partial charge in [0.25, 0.3) is 0 Å². The monoisotopic (exact) mass is 408 g/mol. The summed E-state index contributed by atoms with van der Waals surface area (Å²) in [4.78, 5) is 37.8. The van der Waals surface area contributed by atoms with E-state index in [4.69, 9.17) is 40.9 Å². The number of carbonyl (C=O) groups is 4. The van der Waals surface area contributed by atoms with Crippen LogP contribution in [0.1, 0.15) is 27.7 Å². The molecule has 0 bridgehead atoms. The zero-order valence-electron chi connectivity index (χ0n) is 14.0. The Kier molecular flexibility index (Phi) is 28.4. The van der Waals surface area contributed by atoms with Crippen LogP contribution in [-0.4, -0.2) is 89.1 Å². The first-order valence-electron chi connectivity index (χ1n) is 6.21. The van der Waals surface area contributed by atoms with Gasteiger partial charge in [-0.2, -0.15) is 0 Å². The molecule has 8 N–H and O–H groups in total. The van der Waals surface area contributed by atoms with E-state index in [1.165, 1.54) is 27.7 Å². The van der Waals surface area contributed by atoms with Gasteiger partial charge in [0.05, 0.1) is 0 Å². The van der Waals surface area contributed by atoms with Crippen molar-refractivity contribution < 1.29 is 81.7 Å². The molecule has 0 aliphatic carbocycles. The molecule has 0 rings (SSSR count). The molecule has 0 spiro atoms. The molecular formula is C12H24O12Ti. The van der Waals surface area contributed by atoms with Crippen LogP contribution in [0.3, 0.4) is 0 Å². The molecule has 4 unspecified atom stereocenters. The first kappa shape index (κ1) is 34.7. The molecule has 0 aromatic heterocycles. The Morgan fingerprint density at radius 2 is 0.520 bits per heavy atom. The first-order valence-corrected chi connectivity index (χ1v) is 6.21. The minimum Gasteiger partial charge on any atom is -0.479 e. The van der Waals surface area contributed by atoms with E-state index in [1.807, 2.05) is 0 Å². The number of carboxylic acids is 4. The predicted molar refractivity (Wildman–Crippen MR) is 77.3 cm³/mol. The molecule has 0 aromatic rings. The van der Waals surface area contributed by atoms with Crippen molar-refractivity contribution in [3.8, 4) is 0 Å². The number of aliphatic hydroxyl groups excluding tert-OH is 4. The maximum atomic E-state index is 9.45. The van der Waals surface area contributed by atoms with Crippen LogP contribution in [0.25, 0.3) is 0 Å². The third-order valence-electron chi connectivity index (χ3n) is 1.43. The van der Waals surface area contributed by atoms with Gasteiger partial charge in [-0.15, -0.1) is 0 Å². The Morgan fingerprint density at radius 3 is 0.520 bits per heavy atom. The maximum Gasteiger partial charge on any atom is 0.332 e. The van der Waals surface area contributed by atoms with E-state index in [1.54, 1.807) is 0 Å². The molecule has 12 nitrogen and oxygen atoms in total. The molecule has 0 fully saturated rings. The quantitative estimate of drug-likeness (QED) is 0.232. The van der Waals surface area contributed by atoms with Crippen LogP contribution in [-0.2, 0) is 40.9 Å². The standard InChI is InChI=1S/4C3H6O3.Ti/c4*1-2(4)3(5)6;/h4*2,4H,1H3,(H,5,6);. The molecule has 0 saturated carbocycles. The van der Waals surface area contributed by atoms with Crippen molar-refractivity contribution in [1.29, 1.82) is 0 Å². The van der Waals surface area contributed by atoms with Crippen molar-refractivity contribution in [2.45, 2.75) is 52.1 Å². The molecule has 0 heterocycles. The Labute approximate surface area is 158 Å². The summed E-state index contributed by atoms with van der Waals surface area (Å²) < 4.78 is 0. The van der Waals surface area contributed by atoms with Crippen molar-refractivity contribution in [1.82, 2.24) is 0 Å². The molecule has 0 aliphatic rings. The fourth-order valence-electron chi connectivity index (χ4n) is 0. The fourth-order valence-corrected chi connectivity index (χ4v) is 0. The van der Waals surface area contributed by atoms with E-state index in [9.17, 15) is 19.2 Å². The molecule has 4 atom stereocenters. The van der Waals surface area contributed by atoms with Crippen molar-refractivity contribution in [2.75, 3.05) is 0 Å². The second-order valence-corrected chi connectivity index (χ2v) is 4.06. The molecule has 0 aliphatic heterocycles. The van der Waals surface area contributed by atoms with Crippen LogP contribution >= 0.6 is 0 Å². The van der Waals surface area contributed by atoms with Crippen molar-refractivity contribution in [3.05, 3.63) is 0 Å². The second-order valence-electron chi connectivity index (χ2n) is 4.06. The van der Waals surface area contributed by atoms with Crippen LogP contribution in [0.2, 0.25) is 0 Å². The molecular weight excluding hydrogens is 384 g/mol. The predicted octanol–water partition coefficient (Wildman–Crippen LogP) is -2.20. The number of hydrogen-bond donors (Lipinski definition) is 8. The molecule has 13 heteroatoms. The average Bonchev–Trinajstić information content (AvgIpc) is 2.40. The van der Waals surface area contributed by atoms with Crippen LogP contribution in [0.5, 0.6) is 0 Å². The van der Waals surface area contributed by atoms with Gasteiger partial charge in [-0.1, -0.05) is 0 Å². The average molecular weight is 408 g/mol. The summed E-state index contributed by atoms with van der Waals surface area (Å²) in [7, 11) is 0. The van der Waals surface area contributed by atoms with Crippen molar-refractivity contribution >= 4 is 23.9 Å². The van der Waals surface area contributed by atoms with E-state index in [-0.39, 0.29) is 21.7 Å². The summed E-state index contributed by atoms with van der Waals surface area (Å²) in [5.41, 5.74) is 0. The van der Waals surface area contributed by atoms with Crippen LogP contribution in [0.4, 0.5) is 0 Å². The van der Waals surface area contributed by atoms with Crippen LogP contribution in [0, 0.1) is 0 Å². The molecule has 25 heavy (non-hydrogen) atoms. The second kappa shape index (κ2) is 20.5. The van der Waals surface area contributed by atoms with E-state index < -0.39 is 48.3 Å². The minimum atomic E-state index is -1.23. The van der Waals surface area contributed by atoms with E-state index in [0.717, 1.165) is 0 Å². The summed E-state index contributed by atoms with van der Waals surface area (Å²) >= 11 is 0. The normalized spacial score (nSPS) is 13.1. The smallest absolute Gasteiger partial charge is 0.332 e. The molecule has 0 aromatic carbocycles. The van der Waals surface area contributed by atoms with Gasteiger partial charge in [0.2, 0.25) is 0 Å². The van der Waals surface area contributed by atoms with Gasteiger partial charge in [-0.25, -0.2) is 19.2 Å². The Morgan fingerprint density at radius 1 is 0.480 bits per heavy atom. The van der Waals surface area contributed by atoms with Crippen LogP contribution < -0.4 is 0 Å². The minimum absolute atomic E-state index is 0. The first-order chi connectivity index (χ1) is 10.6. The Bertz CT molecular complexity index is 306. The van der Waals surface area contributed by atoms with Gasteiger partial charge < -0.3 is 40.9 Å². The topological polar surface area (TPSA) is 230 Å². The van der Waals surface area contributed by atoms with Crippen molar-refractivity contribution in [3.63, 3.8) is 0 Å². The molecule has 0 amide bonds. The number of hydrogen-bond acceptors (Lipinski definition) is 8. The van der Waals surface area contributed by atoms with E-state index in [2.05, 4.69) is 0 Å². The summed E-state index contributed by atoms with van der Waals surface area (Å²) in [5.74, 6) is -4.74. The van der Waals surface area contributed by atoms with Gasteiger partial charge in [0.1, 0.15) is 24.4 Å². The number of rotatable bonds is 4. The third kappa shape index (κ3) is 45.0. The molecule has 0 radical (unpaired) electrons. The van der Waals surface area contributed by atoms with Gasteiger partial charge in [-0.05, 0) is 27.7 Å². The summed E-state index contributed by atoms with van der Waals surface area (Å²) in [6.07, 6.45) is -4.93. The fraction of sp³-hybridized carbons (Fsp3) is 0.667. The maximum absolute atomic E-state index is 9.45. The van der Waals surface area contributed by atoms with Crippen LogP contribution in [0.15, 0.2) is 0 Å².